The van der Waals surface area contributed by atoms with E-state index in [1.54, 1.807) is 23.4 Å². The number of nitrogens with one attached hydrogen (secondary N) is 2. The van der Waals surface area contributed by atoms with Crippen LogP contribution in [0, 0.1) is 0 Å². The molecule has 6 rings (SSSR count). The fourth-order valence-corrected chi connectivity index (χ4v) is 6.74. The molecule has 0 aliphatic carbocycles. The van der Waals surface area contributed by atoms with Crippen LogP contribution in [0.5, 0.6) is 0 Å². The normalized spacial score (nSPS) is 12.3. The molecule has 3 aromatic heterocycles. The number of nitrogens with zero attached hydrogens (tertiary/aromatic N) is 4. The van der Waals surface area contributed by atoms with Crippen molar-refractivity contribution >= 4 is 45.8 Å². The number of rotatable bonds is 16. The van der Waals surface area contributed by atoms with Crippen molar-refractivity contribution in [1.29, 1.82) is 0 Å². The third-order valence-electron chi connectivity index (χ3n) is 7.96. The van der Waals surface area contributed by atoms with Gasteiger partial charge in [0.05, 0.1) is 26.3 Å². The molecule has 10 nitrogen and oxygen atoms in total. The smallest absolute Gasteiger partial charge is 0.407 e. The number of ether oxygens (including phenoxy) is 2. The molecular formula is C38H38N6O4S2. The number of pyridine rings is 1. The Balaban J connectivity index is 1.24. The predicted octanol–water partition coefficient (Wildman–Crippen LogP) is 7.03. The molecule has 256 valence electrons. The first-order valence-corrected chi connectivity index (χ1v) is 18.1. The number of carbonyl (C=O) groups excluding carboxylic acids is 2. The maximum Gasteiger partial charge on any atom is 0.407 e. The monoisotopic (exact) mass is 706 g/mol. The maximum atomic E-state index is 13.1. The number of hydrogen-bond donors (Lipinski definition) is 2. The number of alkyl carbamates (subject to hydrolysis) is 2. The van der Waals surface area contributed by atoms with Gasteiger partial charge in [-0.05, 0) is 41.7 Å². The van der Waals surface area contributed by atoms with Gasteiger partial charge in [0.25, 0.3) is 0 Å². The first-order chi connectivity index (χ1) is 24.6. The Kier molecular flexibility index (Phi) is 12.5. The molecule has 0 radical (unpaired) electrons. The fraction of sp³-hybridized carbons (Fsp3) is 0.237. The molecule has 3 heterocycles. The molecular weight excluding hydrogens is 669 g/mol. The highest BCUT2D eigenvalue weighted by atomic mass is 32.1. The molecule has 2 atom stereocenters. The van der Waals surface area contributed by atoms with Gasteiger partial charge in [0.1, 0.15) is 13.2 Å². The van der Waals surface area contributed by atoms with E-state index >= 15 is 0 Å². The summed E-state index contributed by atoms with van der Waals surface area (Å²) in [6.45, 7) is 1.77. The van der Waals surface area contributed by atoms with Gasteiger partial charge in [-0.25, -0.2) is 9.59 Å². The molecule has 0 saturated heterocycles. The highest BCUT2D eigenvalue weighted by Gasteiger charge is 2.24. The number of amides is 2. The lowest BCUT2D eigenvalue weighted by Crippen LogP contribution is -2.50. The zero-order valence-electron chi connectivity index (χ0n) is 27.4. The van der Waals surface area contributed by atoms with Crippen LogP contribution in [0.15, 0.2) is 121 Å². The first kappa shape index (κ1) is 34.7. The van der Waals surface area contributed by atoms with Gasteiger partial charge in [0.15, 0.2) is 0 Å². The molecule has 0 unspecified atom stereocenters. The number of thiazole rings is 2. The molecule has 12 heteroatoms. The van der Waals surface area contributed by atoms with Crippen molar-refractivity contribution in [3.63, 3.8) is 0 Å². The number of aromatic nitrogens is 3. The molecule has 50 heavy (non-hydrogen) atoms. The SMILES string of the molecule is O=C(N[C@@H](Cc1ccccc1)CN(Cc1cnc2ccccc2c1)C[C@H](Cc1ccccc1)NC(=O)OCc1cncs1)OCc1cncs1. The van der Waals surface area contributed by atoms with E-state index in [-0.39, 0.29) is 25.3 Å². The van der Waals surface area contributed by atoms with Crippen LogP contribution >= 0.6 is 22.7 Å². The largest absolute Gasteiger partial charge is 0.444 e. The van der Waals surface area contributed by atoms with Crippen LogP contribution < -0.4 is 10.6 Å². The molecule has 0 spiro atoms. The van der Waals surface area contributed by atoms with Crippen LogP contribution in [0.2, 0.25) is 0 Å². The number of para-hydroxylation sites is 1. The molecule has 0 aliphatic rings. The van der Waals surface area contributed by atoms with E-state index in [2.05, 4.69) is 31.6 Å². The number of benzene rings is 3. The van der Waals surface area contributed by atoms with Crippen molar-refractivity contribution in [2.45, 2.75) is 44.7 Å². The fourth-order valence-electron chi connectivity index (χ4n) is 5.72. The van der Waals surface area contributed by atoms with Gasteiger partial charge in [0, 0.05) is 55.7 Å². The zero-order chi connectivity index (χ0) is 34.4. The van der Waals surface area contributed by atoms with Crippen molar-refractivity contribution in [2.75, 3.05) is 13.1 Å². The Bertz CT molecular complexity index is 1810. The molecule has 0 saturated carbocycles. The van der Waals surface area contributed by atoms with E-state index in [0.717, 1.165) is 37.3 Å². The maximum absolute atomic E-state index is 13.1. The van der Waals surface area contributed by atoms with Crippen LogP contribution in [0.25, 0.3) is 10.9 Å². The van der Waals surface area contributed by atoms with E-state index in [4.69, 9.17) is 14.5 Å². The summed E-state index contributed by atoms with van der Waals surface area (Å²) in [5.41, 5.74) is 7.52. The summed E-state index contributed by atoms with van der Waals surface area (Å²) < 4.78 is 11.2. The van der Waals surface area contributed by atoms with E-state index in [1.807, 2.05) is 91.1 Å². The van der Waals surface area contributed by atoms with Crippen molar-refractivity contribution < 1.29 is 19.1 Å². The quantitative estimate of drug-likeness (QED) is 0.110. The van der Waals surface area contributed by atoms with Crippen LogP contribution in [-0.2, 0) is 42.1 Å². The minimum absolute atomic E-state index is 0.147. The summed E-state index contributed by atoms with van der Waals surface area (Å²) in [6.07, 6.45) is 5.44. The molecule has 2 N–H and O–H groups in total. The molecule has 6 aromatic rings. The Morgan fingerprint density at radius 3 is 1.70 bits per heavy atom. The van der Waals surface area contributed by atoms with E-state index in [0.29, 0.717) is 32.5 Å². The highest BCUT2D eigenvalue weighted by Crippen LogP contribution is 2.17. The zero-order valence-corrected chi connectivity index (χ0v) is 29.0. The standard InChI is InChI=1S/C38H38N6O4S2/c45-37(47-24-34-19-39-26-49-34)42-32(16-28-9-3-1-4-10-28)22-44(21-30-15-31-13-7-8-14-36(31)41-18-30)23-33(17-29-11-5-2-6-12-29)43-38(46)48-25-35-20-40-27-50-35/h1-15,18-20,26-27,32-33H,16-17,21-25H2,(H,42,45)(H,43,46)/t32-,33-/m0/s1. The minimum atomic E-state index is -0.503. The third kappa shape index (κ3) is 10.9. The van der Waals surface area contributed by atoms with Crippen LogP contribution in [0.1, 0.15) is 26.4 Å². The van der Waals surface area contributed by atoms with Gasteiger partial charge in [-0.2, -0.15) is 0 Å². The molecule has 3 aromatic carbocycles. The molecule has 0 fully saturated rings. The summed E-state index contributed by atoms with van der Waals surface area (Å²) in [7, 11) is 0. The average Bonchev–Trinajstić information content (AvgIpc) is 3.86. The summed E-state index contributed by atoms with van der Waals surface area (Å²) >= 11 is 2.87. The van der Waals surface area contributed by atoms with Gasteiger partial charge >= 0.3 is 12.2 Å². The second-order valence-electron chi connectivity index (χ2n) is 11.9. The second kappa shape index (κ2) is 18.0. The van der Waals surface area contributed by atoms with Gasteiger partial charge < -0.3 is 20.1 Å². The van der Waals surface area contributed by atoms with Gasteiger partial charge in [-0.15, -0.1) is 22.7 Å². The lowest BCUT2D eigenvalue weighted by molar-refractivity contribution is 0.126. The minimum Gasteiger partial charge on any atom is -0.444 e. The van der Waals surface area contributed by atoms with E-state index in [1.165, 1.54) is 22.7 Å². The van der Waals surface area contributed by atoms with Crippen LogP contribution in [0.3, 0.4) is 0 Å². The van der Waals surface area contributed by atoms with Gasteiger partial charge in [-0.1, -0.05) is 78.9 Å². The van der Waals surface area contributed by atoms with Crippen LogP contribution in [0.4, 0.5) is 9.59 Å². The lowest BCUT2D eigenvalue weighted by Gasteiger charge is -2.31. The number of hydrogen-bond acceptors (Lipinski definition) is 10. The van der Waals surface area contributed by atoms with Gasteiger partial charge in [-0.3, -0.25) is 19.9 Å². The Morgan fingerprint density at radius 1 is 0.660 bits per heavy atom. The van der Waals surface area contributed by atoms with Crippen molar-refractivity contribution in [3.05, 3.63) is 147 Å². The predicted molar refractivity (Wildman–Crippen MR) is 196 cm³/mol. The van der Waals surface area contributed by atoms with Crippen molar-refractivity contribution in [1.82, 2.24) is 30.5 Å². The Hall–Kier alpha value is -5.17. The molecule has 0 aliphatic heterocycles. The third-order valence-corrected chi connectivity index (χ3v) is 9.47. The highest BCUT2D eigenvalue weighted by molar-refractivity contribution is 7.09. The average molecular weight is 707 g/mol. The number of fused-ring (bicyclic) bond motifs is 1. The van der Waals surface area contributed by atoms with E-state index in [9.17, 15) is 9.59 Å². The van der Waals surface area contributed by atoms with Gasteiger partial charge in [0.2, 0.25) is 0 Å². The van der Waals surface area contributed by atoms with E-state index < -0.39 is 12.2 Å². The summed E-state index contributed by atoms with van der Waals surface area (Å²) in [6, 6.07) is 29.6. The Labute approximate surface area is 299 Å². The topological polar surface area (TPSA) is 119 Å². The molecule has 2 amide bonds. The molecule has 0 bridgehead atoms. The van der Waals surface area contributed by atoms with Crippen LogP contribution in [-0.4, -0.2) is 57.2 Å². The first-order valence-electron chi connectivity index (χ1n) is 16.3. The van der Waals surface area contributed by atoms with Crippen molar-refractivity contribution in [3.8, 4) is 0 Å². The van der Waals surface area contributed by atoms with Crippen molar-refractivity contribution in [2.24, 2.45) is 0 Å². The summed E-state index contributed by atoms with van der Waals surface area (Å²) in [5.74, 6) is 0. The Morgan fingerprint density at radius 2 is 1.18 bits per heavy atom. The summed E-state index contributed by atoms with van der Waals surface area (Å²) in [5, 5.41) is 7.29. The summed E-state index contributed by atoms with van der Waals surface area (Å²) in [4.78, 5) is 43.1. The second-order valence-corrected chi connectivity index (χ2v) is 13.8. The lowest BCUT2D eigenvalue weighted by atomic mass is 10.0. The number of carbonyl (C=O) groups is 2.